The number of carbonyl (C=O) groups is 2. The van der Waals surface area contributed by atoms with Crippen LogP contribution in [0.25, 0.3) is 0 Å². The smallest absolute Gasteiger partial charge is 0.314 e. The SMILES string of the molecule is O=C(CC(C(=O)O)c1ccco1)NCC1CCCO1. The van der Waals surface area contributed by atoms with Gasteiger partial charge in [-0.15, -0.1) is 0 Å². The van der Waals surface area contributed by atoms with E-state index in [1.54, 1.807) is 12.1 Å². The molecule has 0 saturated carbocycles. The van der Waals surface area contributed by atoms with Crippen LogP contribution in [0.15, 0.2) is 22.8 Å². The van der Waals surface area contributed by atoms with E-state index in [1.807, 2.05) is 0 Å². The van der Waals surface area contributed by atoms with E-state index in [2.05, 4.69) is 5.32 Å². The molecular weight excluding hydrogens is 250 g/mol. The zero-order valence-electron chi connectivity index (χ0n) is 10.5. The molecule has 2 rings (SSSR count). The molecule has 0 radical (unpaired) electrons. The van der Waals surface area contributed by atoms with Crippen molar-refractivity contribution in [1.29, 1.82) is 0 Å². The molecule has 2 N–H and O–H groups in total. The molecule has 2 heterocycles. The highest BCUT2D eigenvalue weighted by Crippen LogP contribution is 2.20. The summed E-state index contributed by atoms with van der Waals surface area (Å²) in [6.07, 6.45) is 3.26. The lowest BCUT2D eigenvalue weighted by Crippen LogP contribution is -2.33. The van der Waals surface area contributed by atoms with Crippen LogP contribution in [0.2, 0.25) is 0 Å². The van der Waals surface area contributed by atoms with E-state index >= 15 is 0 Å². The van der Waals surface area contributed by atoms with Crippen LogP contribution in [0, 0.1) is 0 Å². The van der Waals surface area contributed by atoms with Gasteiger partial charge in [-0.05, 0) is 25.0 Å². The van der Waals surface area contributed by atoms with E-state index in [-0.39, 0.29) is 18.4 Å². The van der Waals surface area contributed by atoms with Crippen molar-refractivity contribution in [3.8, 4) is 0 Å². The number of nitrogens with one attached hydrogen (secondary N) is 1. The number of furan rings is 1. The van der Waals surface area contributed by atoms with E-state index in [9.17, 15) is 9.59 Å². The molecule has 19 heavy (non-hydrogen) atoms. The summed E-state index contributed by atoms with van der Waals surface area (Å²) in [5.74, 6) is -2.03. The van der Waals surface area contributed by atoms with Crippen molar-refractivity contribution >= 4 is 11.9 Å². The third kappa shape index (κ3) is 3.82. The molecule has 1 amide bonds. The Labute approximate surface area is 110 Å². The van der Waals surface area contributed by atoms with Crippen LogP contribution in [0.4, 0.5) is 0 Å². The van der Waals surface area contributed by atoms with Gasteiger partial charge in [-0.1, -0.05) is 0 Å². The van der Waals surface area contributed by atoms with Gasteiger partial charge in [0.05, 0.1) is 12.4 Å². The second kappa shape index (κ2) is 6.38. The summed E-state index contributed by atoms with van der Waals surface area (Å²) in [4.78, 5) is 22.9. The molecule has 0 aromatic carbocycles. The normalized spacial score (nSPS) is 20.1. The molecule has 2 atom stereocenters. The van der Waals surface area contributed by atoms with Crippen molar-refractivity contribution in [2.75, 3.05) is 13.2 Å². The first kappa shape index (κ1) is 13.6. The van der Waals surface area contributed by atoms with Crippen LogP contribution in [0.5, 0.6) is 0 Å². The van der Waals surface area contributed by atoms with Gasteiger partial charge in [-0.25, -0.2) is 0 Å². The highest BCUT2D eigenvalue weighted by molar-refractivity contribution is 5.85. The van der Waals surface area contributed by atoms with Gasteiger partial charge in [0.1, 0.15) is 11.7 Å². The van der Waals surface area contributed by atoms with Gasteiger partial charge in [0.2, 0.25) is 5.91 Å². The Bertz CT molecular complexity index is 422. The number of carboxylic acids is 1. The average Bonchev–Trinajstić information content (AvgIpc) is 3.05. The fourth-order valence-electron chi connectivity index (χ4n) is 2.09. The van der Waals surface area contributed by atoms with Crippen molar-refractivity contribution in [2.45, 2.75) is 31.3 Å². The molecule has 1 saturated heterocycles. The molecule has 0 spiro atoms. The van der Waals surface area contributed by atoms with E-state index in [0.29, 0.717) is 12.3 Å². The second-order valence-electron chi connectivity index (χ2n) is 4.55. The minimum Gasteiger partial charge on any atom is -0.481 e. The molecule has 6 heteroatoms. The first-order valence-electron chi connectivity index (χ1n) is 6.31. The molecule has 1 aliphatic rings. The molecule has 1 aromatic rings. The van der Waals surface area contributed by atoms with Gasteiger partial charge in [0, 0.05) is 19.6 Å². The number of hydrogen-bond donors (Lipinski definition) is 2. The highest BCUT2D eigenvalue weighted by atomic mass is 16.5. The lowest BCUT2D eigenvalue weighted by Gasteiger charge is -2.13. The Balaban J connectivity index is 1.83. The number of carboxylic acid groups (broad SMARTS) is 1. The monoisotopic (exact) mass is 267 g/mol. The number of aliphatic carboxylic acids is 1. The highest BCUT2D eigenvalue weighted by Gasteiger charge is 2.26. The van der Waals surface area contributed by atoms with Crippen LogP contribution < -0.4 is 5.32 Å². The topological polar surface area (TPSA) is 88.8 Å². The molecule has 0 aliphatic carbocycles. The fraction of sp³-hybridized carbons (Fsp3) is 0.538. The molecule has 2 unspecified atom stereocenters. The lowest BCUT2D eigenvalue weighted by molar-refractivity contribution is -0.141. The summed E-state index contributed by atoms with van der Waals surface area (Å²) in [6, 6.07) is 3.17. The van der Waals surface area contributed by atoms with Crippen LogP contribution in [-0.4, -0.2) is 36.2 Å². The van der Waals surface area contributed by atoms with Crippen molar-refractivity contribution in [1.82, 2.24) is 5.32 Å². The van der Waals surface area contributed by atoms with Crippen LogP contribution in [0.3, 0.4) is 0 Å². The van der Waals surface area contributed by atoms with Crippen LogP contribution in [-0.2, 0) is 14.3 Å². The number of amides is 1. The molecule has 104 valence electrons. The average molecular weight is 267 g/mol. The summed E-state index contributed by atoms with van der Waals surface area (Å²) >= 11 is 0. The van der Waals surface area contributed by atoms with Gasteiger partial charge in [-0.3, -0.25) is 9.59 Å². The fourth-order valence-corrected chi connectivity index (χ4v) is 2.09. The molecule has 1 fully saturated rings. The van der Waals surface area contributed by atoms with Crippen molar-refractivity contribution in [3.63, 3.8) is 0 Å². The van der Waals surface area contributed by atoms with Crippen LogP contribution >= 0.6 is 0 Å². The zero-order valence-corrected chi connectivity index (χ0v) is 10.5. The Kier molecular flexibility index (Phi) is 4.57. The zero-order chi connectivity index (χ0) is 13.7. The molecule has 1 aliphatic heterocycles. The van der Waals surface area contributed by atoms with Crippen molar-refractivity contribution in [2.24, 2.45) is 0 Å². The van der Waals surface area contributed by atoms with E-state index in [1.165, 1.54) is 6.26 Å². The maximum absolute atomic E-state index is 11.7. The maximum atomic E-state index is 11.7. The van der Waals surface area contributed by atoms with Crippen LogP contribution in [0.1, 0.15) is 30.9 Å². The quantitative estimate of drug-likeness (QED) is 0.806. The summed E-state index contributed by atoms with van der Waals surface area (Å²) in [7, 11) is 0. The Morgan fingerprint density at radius 2 is 2.37 bits per heavy atom. The largest absolute Gasteiger partial charge is 0.481 e. The lowest BCUT2D eigenvalue weighted by atomic mass is 10.0. The minimum absolute atomic E-state index is 0.0517. The summed E-state index contributed by atoms with van der Waals surface area (Å²) < 4.78 is 10.4. The summed E-state index contributed by atoms with van der Waals surface area (Å²) in [5.41, 5.74) is 0. The van der Waals surface area contributed by atoms with Gasteiger partial charge in [0.15, 0.2) is 0 Å². The number of carbonyl (C=O) groups excluding carboxylic acids is 1. The standard InChI is InChI=1S/C13H17NO5/c15-12(14-8-9-3-1-5-18-9)7-10(13(16)17)11-4-2-6-19-11/h2,4,6,9-10H,1,3,5,7-8H2,(H,14,15)(H,16,17). The van der Waals surface area contributed by atoms with E-state index < -0.39 is 11.9 Å². The predicted octanol–water partition coefficient (Wildman–Crippen LogP) is 1.13. The number of ether oxygens (including phenoxy) is 1. The minimum atomic E-state index is -1.07. The molecule has 0 bridgehead atoms. The number of rotatable bonds is 6. The second-order valence-corrected chi connectivity index (χ2v) is 4.55. The summed E-state index contributed by atoms with van der Waals surface area (Å²) in [5, 5.41) is 11.8. The Hall–Kier alpha value is -1.82. The van der Waals surface area contributed by atoms with Gasteiger partial charge >= 0.3 is 5.97 Å². The third-order valence-electron chi connectivity index (χ3n) is 3.13. The van der Waals surface area contributed by atoms with Gasteiger partial charge in [-0.2, -0.15) is 0 Å². The molecular formula is C13H17NO5. The maximum Gasteiger partial charge on any atom is 0.314 e. The first-order chi connectivity index (χ1) is 9.16. The number of hydrogen-bond acceptors (Lipinski definition) is 4. The van der Waals surface area contributed by atoms with Gasteiger partial charge in [0.25, 0.3) is 0 Å². The van der Waals surface area contributed by atoms with Gasteiger partial charge < -0.3 is 19.6 Å². The summed E-state index contributed by atoms with van der Waals surface area (Å²) in [6.45, 7) is 1.16. The predicted molar refractivity (Wildman–Crippen MR) is 65.7 cm³/mol. The van der Waals surface area contributed by atoms with Crippen molar-refractivity contribution in [3.05, 3.63) is 24.2 Å². The van der Waals surface area contributed by atoms with Crippen molar-refractivity contribution < 1.29 is 23.8 Å². The van der Waals surface area contributed by atoms with E-state index in [0.717, 1.165) is 19.4 Å². The Morgan fingerprint density at radius 1 is 1.53 bits per heavy atom. The molecule has 1 aromatic heterocycles. The van der Waals surface area contributed by atoms with E-state index in [4.69, 9.17) is 14.3 Å². The third-order valence-corrected chi connectivity index (χ3v) is 3.13. The Morgan fingerprint density at radius 3 is 2.95 bits per heavy atom. The molecule has 6 nitrogen and oxygen atoms in total. The first-order valence-corrected chi connectivity index (χ1v) is 6.31.